The fraction of sp³-hybridized carbons (Fsp3) is 0.733. The molecule has 2 atom stereocenters. The molecule has 116 valence electrons. The van der Waals surface area contributed by atoms with Crippen molar-refractivity contribution in [3.8, 4) is 0 Å². The third kappa shape index (κ3) is 2.57. The Morgan fingerprint density at radius 1 is 1.43 bits per heavy atom. The molecule has 1 saturated heterocycles. The maximum absolute atomic E-state index is 5.96. The topological polar surface area (TPSA) is 44.9 Å². The van der Waals surface area contributed by atoms with Crippen molar-refractivity contribution in [1.82, 2.24) is 19.3 Å². The van der Waals surface area contributed by atoms with Crippen LogP contribution in [0.5, 0.6) is 0 Å². The standard InChI is InChI=1S/C15H23ClN4O/c1-4-12-14-15(19(3)18-12)20(13(17-14)5-7-16)9-11-6-8-21-10(11)2/h10-11H,4-9H2,1-3H3. The van der Waals surface area contributed by atoms with Crippen LogP contribution in [0.2, 0.25) is 0 Å². The van der Waals surface area contributed by atoms with Crippen molar-refractivity contribution in [2.24, 2.45) is 13.0 Å². The first-order chi connectivity index (χ1) is 10.2. The highest BCUT2D eigenvalue weighted by atomic mass is 35.5. The first kappa shape index (κ1) is 14.9. The van der Waals surface area contributed by atoms with E-state index in [-0.39, 0.29) is 0 Å². The monoisotopic (exact) mass is 310 g/mol. The Morgan fingerprint density at radius 3 is 2.86 bits per heavy atom. The van der Waals surface area contributed by atoms with E-state index >= 15 is 0 Å². The number of imidazole rings is 1. The van der Waals surface area contributed by atoms with Crippen molar-refractivity contribution in [2.75, 3.05) is 12.5 Å². The fourth-order valence-corrected chi connectivity index (χ4v) is 3.41. The molecule has 0 aliphatic carbocycles. The molecular formula is C15H23ClN4O. The van der Waals surface area contributed by atoms with E-state index in [0.29, 0.717) is 17.9 Å². The number of aryl methyl sites for hydroxylation is 3. The molecule has 0 spiro atoms. The Bertz CT molecular complexity index is 633. The molecule has 3 rings (SSSR count). The van der Waals surface area contributed by atoms with E-state index in [9.17, 15) is 0 Å². The quantitative estimate of drug-likeness (QED) is 0.797. The second kappa shape index (κ2) is 5.97. The van der Waals surface area contributed by atoms with E-state index in [0.717, 1.165) is 55.1 Å². The Morgan fingerprint density at radius 2 is 2.24 bits per heavy atom. The number of hydrogen-bond acceptors (Lipinski definition) is 3. The van der Waals surface area contributed by atoms with Gasteiger partial charge in [0.05, 0.1) is 11.8 Å². The van der Waals surface area contributed by atoms with Gasteiger partial charge >= 0.3 is 0 Å². The first-order valence-corrected chi connectivity index (χ1v) is 8.27. The van der Waals surface area contributed by atoms with Gasteiger partial charge in [-0.15, -0.1) is 11.6 Å². The lowest BCUT2D eigenvalue weighted by atomic mass is 10.0. The number of hydrogen-bond donors (Lipinski definition) is 0. The molecule has 0 amide bonds. The fourth-order valence-electron chi connectivity index (χ4n) is 3.24. The molecule has 0 N–H and O–H groups in total. The number of aromatic nitrogens is 4. The average molecular weight is 311 g/mol. The van der Waals surface area contributed by atoms with Crippen LogP contribution in [0.3, 0.4) is 0 Å². The van der Waals surface area contributed by atoms with Gasteiger partial charge in [-0.1, -0.05) is 6.92 Å². The lowest BCUT2D eigenvalue weighted by Gasteiger charge is -2.17. The molecule has 2 aromatic heterocycles. The average Bonchev–Trinajstić information content (AvgIpc) is 3.10. The van der Waals surface area contributed by atoms with Gasteiger partial charge in [0.15, 0.2) is 5.65 Å². The Kier molecular flexibility index (Phi) is 4.22. The van der Waals surface area contributed by atoms with Gasteiger partial charge in [0.25, 0.3) is 0 Å². The summed E-state index contributed by atoms with van der Waals surface area (Å²) in [6, 6.07) is 0. The number of fused-ring (bicyclic) bond motifs is 1. The normalized spacial score (nSPS) is 22.5. The Balaban J connectivity index is 2.04. The second-order valence-corrected chi connectivity index (χ2v) is 6.18. The maximum Gasteiger partial charge on any atom is 0.158 e. The molecule has 2 unspecified atom stereocenters. The summed E-state index contributed by atoms with van der Waals surface area (Å²) in [5, 5.41) is 4.59. The third-order valence-electron chi connectivity index (χ3n) is 4.47. The molecule has 0 bridgehead atoms. The zero-order chi connectivity index (χ0) is 15.0. The molecule has 3 heterocycles. The Hall–Kier alpha value is -1.07. The number of nitrogens with zero attached hydrogens (tertiary/aromatic N) is 4. The van der Waals surface area contributed by atoms with Crippen LogP contribution >= 0.6 is 11.6 Å². The minimum Gasteiger partial charge on any atom is -0.378 e. The van der Waals surface area contributed by atoms with E-state index in [2.05, 4.69) is 23.5 Å². The molecule has 5 nitrogen and oxygen atoms in total. The lowest BCUT2D eigenvalue weighted by Crippen LogP contribution is -2.20. The summed E-state index contributed by atoms with van der Waals surface area (Å²) in [5.41, 5.74) is 3.22. The van der Waals surface area contributed by atoms with Crippen molar-refractivity contribution in [3.05, 3.63) is 11.5 Å². The van der Waals surface area contributed by atoms with Gasteiger partial charge in [0.2, 0.25) is 0 Å². The van der Waals surface area contributed by atoms with Crippen molar-refractivity contribution < 1.29 is 4.74 Å². The zero-order valence-corrected chi connectivity index (χ0v) is 13.7. The van der Waals surface area contributed by atoms with Crippen LogP contribution in [-0.2, 0) is 31.2 Å². The molecule has 2 aromatic rings. The number of halogens is 1. The van der Waals surface area contributed by atoms with Gasteiger partial charge in [-0.25, -0.2) is 4.98 Å². The van der Waals surface area contributed by atoms with Gasteiger partial charge in [-0.05, 0) is 19.8 Å². The summed E-state index contributed by atoms with van der Waals surface area (Å²) in [7, 11) is 2.00. The van der Waals surface area contributed by atoms with E-state index in [4.69, 9.17) is 21.3 Å². The second-order valence-electron chi connectivity index (χ2n) is 5.80. The minimum absolute atomic E-state index is 0.310. The predicted octanol–water partition coefficient (Wildman–Crippen LogP) is 2.54. The van der Waals surface area contributed by atoms with Crippen LogP contribution < -0.4 is 0 Å². The summed E-state index contributed by atoms with van der Waals surface area (Å²) >= 11 is 5.96. The first-order valence-electron chi connectivity index (χ1n) is 7.74. The van der Waals surface area contributed by atoms with Crippen LogP contribution in [0.15, 0.2) is 0 Å². The highest BCUT2D eigenvalue weighted by molar-refractivity contribution is 6.17. The largest absolute Gasteiger partial charge is 0.378 e. The van der Waals surface area contributed by atoms with Crippen LogP contribution in [0.25, 0.3) is 11.2 Å². The van der Waals surface area contributed by atoms with E-state index in [1.807, 2.05) is 11.7 Å². The summed E-state index contributed by atoms with van der Waals surface area (Å²) in [6.07, 6.45) is 3.11. The molecule has 0 radical (unpaired) electrons. The van der Waals surface area contributed by atoms with Gasteiger partial charge in [0.1, 0.15) is 11.3 Å². The predicted molar refractivity (Wildman–Crippen MR) is 83.8 cm³/mol. The molecule has 1 fully saturated rings. The highest BCUT2D eigenvalue weighted by Gasteiger charge is 2.27. The molecule has 0 saturated carbocycles. The third-order valence-corrected chi connectivity index (χ3v) is 4.66. The van der Waals surface area contributed by atoms with Crippen LogP contribution in [-0.4, -0.2) is 37.9 Å². The summed E-state index contributed by atoms with van der Waals surface area (Å²) in [4.78, 5) is 4.82. The van der Waals surface area contributed by atoms with Crippen LogP contribution in [0.4, 0.5) is 0 Å². The SMILES string of the molecule is CCc1nn(C)c2c1nc(CCCl)n2CC1CCOC1C. The molecule has 0 aromatic carbocycles. The summed E-state index contributed by atoms with van der Waals surface area (Å²) < 4.78 is 9.96. The lowest BCUT2D eigenvalue weighted by molar-refractivity contribution is 0.102. The van der Waals surface area contributed by atoms with Crippen LogP contribution in [0.1, 0.15) is 31.8 Å². The zero-order valence-electron chi connectivity index (χ0n) is 13.0. The van der Waals surface area contributed by atoms with Gasteiger partial charge in [0, 0.05) is 38.4 Å². The van der Waals surface area contributed by atoms with Crippen molar-refractivity contribution >= 4 is 22.8 Å². The summed E-state index contributed by atoms with van der Waals surface area (Å²) in [6.45, 7) is 6.08. The molecule has 1 aliphatic rings. The molecule has 1 aliphatic heterocycles. The number of ether oxygens (including phenoxy) is 1. The molecule has 21 heavy (non-hydrogen) atoms. The smallest absolute Gasteiger partial charge is 0.158 e. The Labute approximate surface area is 130 Å². The molecular weight excluding hydrogens is 288 g/mol. The van der Waals surface area contributed by atoms with Crippen LogP contribution in [0, 0.1) is 5.92 Å². The number of rotatable bonds is 5. The van der Waals surface area contributed by atoms with Crippen molar-refractivity contribution in [1.29, 1.82) is 0 Å². The van der Waals surface area contributed by atoms with Crippen molar-refractivity contribution in [2.45, 2.75) is 45.8 Å². The van der Waals surface area contributed by atoms with Crippen molar-refractivity contribution in [3.63, 3.8) is 0 Å². The van der Waals surface area contributed by atoms with Gasteiger partial charge in [-0.3, -0.25) is 4.68 Å². The van der Waals surface area contributed by atoms with E-state index in [1.165, 1.54) is 0 Å². The van der Waals surface area contributed by atoms with Gasteiger partial charge in [-0.2, -0.15) is 5.10 Å². The minimum atomic E-state index is 0.310. The highest BCUT2D eigenvalue weighted by Crippen LogP contribution is 2.27. The van der Waals surface area contributed by atoms with Gasteiger partial charge < -0.3 is 9.30 Å². The van der Waals surface area contributed by atoms with E-state index in [1.54, 1.807) is 0 Å². The van der Waals surface area contributed by atoms with E-state index < -0.39 is 0 Å². The maximum atomic E-state index is 5.96. The summed E-state index contributed by atoms with van der Waals surface area (Å²) in [5.74, 6) is 2.20. The molecule has 6 heteroatoms. The number of alkyl halides is 1.